The van der Waals surface area contributed by atoms with Crippen LogP contribution in [0.25, 0.3) is 23.2 Å². The van der Waals surface area contributed by atoms with Crippen molar-refractivity contribution in [1.29, 1.82) is 0 Å². The predicted molar refractivity (Wildman–Crippen MR) is 81.7 cm³/mol. The molecule has 0 unspecified atom stereocenters. The standard InChI is InChI=1S/C15H16N4O5/c1-20-7-6-12-16-14(23-18-12)15-17-13(19-24-15)9-4-5-10(21-2)11(8-9)22-3/h4-5,8H,6-7H2,1-3H3. The highest BCUT2D eigenvalue weighted by atomic mass is 16.5. The highest BCUT2D eigenvalue weighted by molar-refractivity contribution is 5.61. The molecule has 0 bridgehead atoms. The molecule has 0 aliphatic carbocycles. The van der Waals surface area contributed by atoms with Crippen LogP contribution in [0.2, 0.25) is 0 Å². The molecule has 0 saturated heterocycles. The monoisotopic (exact) mass is 332 g/mol. The van der Waals surface area contributed by atoms with Crippen molar-refractivity contribution in [2.45, 2.75) is 6.42 Å². The Morgan fingerprint density at radius 3 is 2.42 bits per heavy atom. The minimum absolute atomic E-state index is 0.149. The van der Waals surface area contributed by atoms with E-state index in [1.165, 1.54) is 0 Å². The van der Waals surface area contributed by atoms with Gasteiger partial charge in [0.1, 0.15) is 0 Å². The maximum Gasteiger partial charge on any atom is 0.316 e. The van der Waals surface area contributed by atoms with Crippen LogP contribution in [0, 0.1) is 0 Å². The number of hydrogen-bond donors (Lipinski definition) is 0. The maximum atomic E-state index is 5.27. The van der Waals surface area contributed by atoms with Crippen molar-refractivity contribution in [2.24, 2.45) is 0 Å². The fourth-order valence-electron chi connectivity index (χ4n) is 2.04. The summed E-state index contributed by atoms with van der Waals surface area (Å²) in [5, 5.41) is 7.76. The molecule has 24 heavy (non-hydrogen) atoms. The van der Waals surface area contributed by atoms with E-state index in [1.54, 1.807) is 39.5 Å². The lowest BCUT2D eigenvalue weighted by atomic mass is 10.2. The van der Waals surface area contributed by atoms with Gasteiger partial charge in [0, 0.05) is 19.1 Å². The van der Waals surface area contributed by atoms with Gasteiger partial charge in [-0.3, -0.25) is 0 Å². The molecule has 126 valence electrons. The molecule has 0 radical (unpaired) electrons. The van der Waals surface area contributed by atoms with Crippen molar-refractivity contribution in [3.8, 4) is 34.7 Å². The topological polar surface area (TPSA) is 106 Å². The molecule has 0 fully saturated rings. The third-order valence-electron chi connectivity index (χ3n) is 3.25. The number of benzene rings is 1. The first-order valence-electron chi connectivity index (χ1n) is 7.13. The second-order valence-corrected chi connectivity index (χ2v) is 4.75. The van der Waals surface area contributed by atoms with E-state index in [4.69, 9.17) is 23.3 Å². The largest absolute Gasteiger partial charge is 0.493 e. The zero-order valence-corrected chi connectivity index (χ0v) is 13.5. The molecule has 9 heteroatoms. The Hall–Kier alpha value is -2.94. The van der Waals surface area contributed by atoms with Crippen molar-refractivity contribution < 1.29 is 23.3 Å². The van der Waals surface area contributed by atoms with Crippen LogP contribution in [0.1, 0.15) is 5.82 Å². The van der Waals surface area contributed by atoms with Gasteiger partial charge in [0.15, 0.2) is 17.3 Å². The average molecular weight is 332 g/mol. The SMILES string of the molecule is COCCc1noc(-c2nc(-c3ccc(OC)c(OC)c3)no2)n1. The minimum atomic E-state index is 0.149. The normalized spacial score (nSPS) is 10.8. The van der Waals surface area contributed by atoms with Gasteiger partial charge >= 0.3 is 11.8 Å². The van der Waals surface area contributed by atoms with Crippen LogP contribution in [0.4, 0.5) is 0 Å². The highest BCUT2D eigenvalue weighted by Gasteiger charge is 2.18. The third-order valence-corrected chi connectivity index (χ3v) is 3.25. The molecular formula is C15H16N4O5. The molecule has 0 aliphatic rings. The van der Waals surface area contributed by atoms with Crippen molar-refractivity contribution in [3.63, 3.8) is 0 Å². The number of aromatic nitrogens is 4. The number of methoxy groups -OCH3 is 3. The van der Waals surface area contributed by atoms with Crippen LogP contribution in [-0.4, -0.2) is 48.2 Å². The van der Waals surface area contributed by atoms with Gasteiger partial charge in [-0.1, -0.05) is 10.3 Å². The first-order chi connectivity index (χ1) is 11.7. The van der Waals surface area contributed by atoms with Crippen LogP contribution >= 0.6 is 0 Å². The predicted octanol–water partition coefficient (Wildman–Crippen LogP) is 1.99. The molecule has 0 amide bonds. The summed E-state index contributed by atoms with van der Waals surface area (Å²) in [5.74, 6) is 2.39. The van der Waals surface area contributed by atoms with E-state index in [1.807, 2.05) is 0 Å². The Kier molecular flexibility index (Phi) is 4.71. The van der Waals surface area contributed by atoms with Gasteiger partial charge in [0.05, 0.1) is 20.8 Å². The van der Waals surface area contributed by atoms with Gasteiger partial charge in [0.2, 0.25) is 5.82 Å². The van der Waals surface area contributed by atoms with Crippen LogP contribution in [-0.2, 0) is 11.2 Å². The lowest BCUT2D eigenvalue weighted by Gasteiger charge is -2.07. The van der Waals surface area contributed by atoms with Gasteiger partial charge in [-0.2, -0.15) is 9.97 Å². The lowest BCUT2D eigenvalue weighted by Crippen LogP contribution is -1.96. The van der Waals surface area contributed by atoms with E-state index in [-0.39, 0.29) is 11.8 Å². The van der Waals surface area contributed by atoms with E-state index in [0.717, 1.165) is 0 Å². The quantitative estimate of drug-likeness (QED) is 0.642. The molecule has 0 spiro atoms. The number of hydrogen-bond acceptors (Lipinski definition) is 9. The molecule has 0 saturated carbocycles. The average Bonchev–Trinajstić information content (AvgIpc) is 3.28. The fraction of sp³-hybridized carbons (Fsp3) is 0.333. The number of ether oxygens (including phenoxy) is 3. The van der Waals surface area contributed by atoms with Gasteiger partial charge in [-0.15, -0.1) is 0 Å². The Morgan fingerprint density at radius 2 is 1.67 bits per heavy atom. The van der Waals surface area contributed by atoms with E-state index in [0.29, 0.717) is 41.7 Å². The summed E-state index contributed by atoms with van der Waals surface area (Å²) in [5.41, 5.74) is 0.710. The van der Waals surface area contributed by atoms with Crippen molar-refractivity contribution >= 4 is 0 Å². The van der Waals surface area contributed by atoms with E-state index < -0.39 is 0 Å². The summed E-state index contributed by atoms with van der Waals surface area (Å²) < 4.78 is 25.8. The van der Waals surface area contributed by atoms with Crippen LogP contribution in [0.3, 0.4) is 0 Å². The molecule has 2 aromatic heterocycles. The maximum absolute atomic E-state index is 5.27. The molecule has 9 nitrogen and oxygen atoms in total. The Labute approximate surface area is 137 Å². The first kappa shape index (κ1) is 15.9. The number of rotatable bonds is 7. The number of nitrogens with zero attached hydrogens (tertiary/aromatic N) is 4. The van der Waals surface area contributed by atoms with Gasteiger partial charge < -0.3 is 23.3 Å². The summed E-state index contributed by atoms with van der Waals surface area (Å²) in [6.07, 6.45) is 0.538. The first-order valence-corrected chi connectivity index (χ1v) is 7.13. The zero-order valence-electron chi connectivity index (χ0n) is 13.5. The van der Waals surface area contributed by atoms with Crippen molar-refractivity contribution in [1.82, 2.24) is 20.3 Å². The minimum Gasteiger partial charge on any atom is -0.493 e. The summed E-state index contributed by atoms with van der Waals surface area (Å²) >= 11 is 0. The Balaban J connectivity index is 1.84. The summed E-state index contributed by atoms with van der Waals surface area (Å²) in [7, 11) is 4.73. The molecule has 2 heterocycles. The second-order valence-electron chi connectivity index (χ2n) is 4.75. The second kappa shape index (κ2) is 7.09. The summed E-state index contributed by atoms with van der Waals surface area (Å²) in [4.78, 5) is 8.46. The lowest BCUT2D eigenvalue weighted by molar-refractivity contribution is 0.199. The molecule has 3 aromatic rings. The summed E-state index contributed by atoms with van der Waals surface area (Å²) in [6, 6.07) is 5.32. The van der Waals surface area contributed by atoms with E-state index >= 15 is 0 Å². The summed E-state index contributed by atoms with van der Waals surface area (Å²) in [6.45, 7) is 0.500. The van der Waals surface area contributed by atoms with E-state index in [9.17, 15) is 0 Å². The fourth-order valence-corrected chi connectivity index (χ4v) is 2.04. The molecule has 1 aromatic carbocycles. The van der Waals surface area contributed by atoms with Crippen LogP contribution in [0.15, 0.2) is 27.2 Å². The van der Waals surface area contributed by atoms with E-state index in [2.05, 4.69) is 20.3 Å². The van der Waals surface area contributed by atoms with Gasteiger partial charge in [-0.05, 0) is 18.2 Å². The molecule has 3 rings (SSSR count). The zero-order chi connectivity index (χ0) is 16.9. The molecular weight excluding hydrogens is 316 g/mol. The van der Waals surface area contributed by atoms with Gasteiger partial charge in [0.25, 0.3) is 0 Å². The third kappa shape index (κ3) is 3.20. The van der Waals surface area contributed by atoms with Crippen molar-refractivity contribution in [2.75, 3.05) is 27.9 Å². The van der Waals surface area contributed by atoms with Gasteiger partial charge in [-0.25, -0.2) is 0 Å². The molecule has 0 atom stereocenters. The van der Waals surface area contributed by atoms with Crippen LogP contribution < -0.4 is 9.47 Å². The molecule has 0 aliphatic heterocycles. The van der Waals surface area contributed by atoms with Crippen molar-refractivity contribution in [3.05, 3.63) is 24.0 Å². The smallest absolute Gasteiger partial charge is 0.316 e. The Bertz CT molecular complexity index is 814. The van der Waals surface area contributed by atoms with Crippen LogP contribution in [0.5, 0.6) is 11.5 Å². The molecule has 0 N–H and O–H groups in total. The highest BCUT2D eigenvalue weighted by Crippen LogP contribution is 2.31. The Morgan fingerprint density at radius 1 is 0.917 bits per heavy atom.